The molecule has 0 unspecified atom stereocenters. The summed E-state index contributed by atoms with van der Waals surface area (Å²) in [6, 6.07) is 0. The molecule has 0 aromatic rings. The first-order valence-corrected chi connectivity index (χ1v) is 11.4. The number of hydrogen-bond donors (Lipinski definition) is 0. The molecule has 0 amide bonds. The summed E-state index contributed by atoms with van der Waals surface area (Å²) in [5, 5.41) is 0. The van der Waals surface area contributed by atoms with Crippen LogP contribution in [0.4, 0.5) is 0 Å². The molecule has 0 radical (unpaired) electrons. The Morgan fingerprint density at radius 3 is 1.86 bits per heavy atom. The first-order chi connectivity index (χ1) is 10.4. The molecule has 0 N–H and O–H groups in total. The predicted octanol–water partition coefficient (Wildman–Crippen LogP) is 6.80. The van der Waals surface area contributed by atoms with Crippen LogP contribution in [0.1, 0.15) is 103 Å². The molecule has 0 saturated heterocycles. The second-order valence-corrected chi connectivity index (χ2v) is 10.0. The Kier molecular flexibility index (Phi) is 8.81. The van der Waals surface area contributed by atoms with Gasteiger partial charge in [-0.25, -0.2) is 0 Å². The minimum absolute atomic E-state index is 0.400. The van der Waals surface area contributed by atoms with Crippen molar-refractivity contribution >= 4 is 7.92 Å². The fraction of sp³-hybridized carbons (Fsp3) is 0.900. The molecule has 0 bridgehead atoms. The zero-order chi connectivity index (χ0) is 14.8. The van der Waals surface area contributed by atoms with E-state index < -0.39 is 7.92 Å². The molecule has 0 aliphatic heterocycles. The van der Waals surface area contributed by atoms with Gasteiger partial charge in [0.25, 0.3) is 0 Å². The summed E-state index contributed by atoms with van der Waals surface area (Å²) in [4.78, 5) is 0. The Balaban J connectivity index is 1.86. The average Bonchev–Trinajstić information content (AvgIpc) is 2.56. The Bertz CT molecular complexity index is 294. The van der Waals surface area contributed by atoms with Crippen LogP contribution in [-0.4, -0.2) is 11.3 Å². The lowest BCUT2D eigenvalue weighted by Gasteiger charge is -2.28. The van der Waals surface area contributed by atoms with Crippen molar-refractivity contribution in [2.75, 3.05) is 0 Å². The highest BCUT2D eigenvalue weighted by Gasteiger charge is 2.36. The van der Waals surface area contributed by atoms with Crippen LogP contribution in [0.15, 0.2) is 0 Å². The second-order valence-electron chi connectivity index (χ2n) is 7.24. The number of rotatable bonds is 6. The van der Waals surface area contributed by atoms with E-state index in [0.717, 1.165) is 11.3 Å². The molecule has 1 heteroatoms. The van der Waals surface area contributed by atoms with E-state index in [0.29, 0.717) is 0 Å². The zero-order valence-corrected chi connectivity index (χ0v) is 15.3. The molecular formula is C20H36P+. The monoisotopic (exact) mass is 307 g/mol. The van der Waals surface area contributed by atoms with E-state index in [4.69, 9.17) is 0 Å². The van der Waals surface area contributed by atoms with Crippen LogP contribution in [0.5, 0.6) is 0 Å². The zero-order valence-electron chi connectivity index (χ0n) is 14.3. The predicted molar refractivity (Wildman–Crippen MR) is 98.6 cm³/mol. The van der Waals surface area contributed by atoms with Crippen molar-refractivity contribution in [3.8, 4) is 11.6 Å². The number of unbranched alkanes of at least 4 members (excludes halogenated alkanes) is 4. The van der Waals surface area contributed by atoms with Crippen LogP contribution in [0, 0.1) is 11.6 Å². The maximum atomic E-state index is 3.89. The van der Waals surface area contributed by atoms with E-state index in [9.17, 15) is 0 Å². The third kappa shape index (κ3) is 6.32. The maximum absolute atomic E-state index is 3.89. The van der Waals surface area contributed by atoms with Crippen LogP contribution >= 0.6 is 7.92 Å². The smallest absolute Gasteiger partial charge is 0.0654 e. The summed E-state index contributed by atoms with van der Waals surface area (Å²) < 4.78 is 0. The van der Waals surface area contributed by atoms with Crippen LogP contribution in [0.25, 0.3) is 0 Å². The summed E-state index contributed by atoms with van der Waals surface area (Å²) in [7, 11) is -0.400. The lowest BCUT2D eigenvalue weighted by molar-refractivity contribution is 0.487. The van der Waals surface area contributed by atoms with E-state index >= 15 is 0 Å². The van der Waals surface area contributed by atoms with Gasteiger partial charge in [-0.15, -0.1) is 0 Å². The fourth-order valence-corrected chi connectivity index (χ4v) is 7.63. The van der Waals surface area contributed by atoms with Gasteiger partial charge in [-0.05, 0) is 57.8 Å². The highest BCUT2D eigenvalue weighted by atomic mass is 31.1. The first kappa shape index (κ1) is 17.3. The van der Waals surface area contributed by atoms with Crippen molar-refractivity contribution in [3.05, 3.63) is 0 Å². The summed E-state index contributed by atoms with van der Waals surface area (Å²) >= 11 is 0. The van der Waals surface area contributed by atoms with Gasteiger partial charge in [0, 0.05) is 6.42 Å². The summed E-state index contributed by atoms with van der Waals surface area (Å²) in [6.45, 7) is 2.29. The molecule has 0 aromatic carbocycles. The molecule has 0 aromatic heterocycles. The lowest BCUT2D eigenvalue weighted by Crippen LogP contribution is -2.19. The van der Waals surface area contributed by atoms with Gasteiger partial charge in [0.05, 0.1) is 24.9 Å². The Morgan fingerprint density at radius 1 is 0.762 bits per heavy atom. The van der Waals surface area contributed by atoms with Crippen molar-refractivity contribution in [2.45, 2.75) is 115 Å². The van der Waals surface area contributed by atoms with E-state index in [1.807, 2.05) is 0 Å². The average molecular weight is 307 g/mol. The SMILES string of the molecule is CCCCCCC#C[PH+](C1CCCCC1)C1CCCCC1. The van der Waals surface area contributed by atoms with Crippen molar-refractivity contribution < 1.29 is 0 Å². The van der Waals surface area contributed by atoms with Crippen molar-refractivity contribution in [2.24, 2.45) is 0 Å². The molecule has 2 aliphatic carbocycles. The highest BCUT2D eigenvalue weighted by Crippen LogP contribution is 2.54. The molecule has 2 aliphatic rings. The summed E-state index contributed by atoms with van der Waals surface area (Å²) in [5.41, 5.74) is 5.96. The van der Waals surface area contributed by atoms with E-state index in [-0.39, 0.29) is 0 Å². The largest absolute Gasteiger partial charge is 0.0847 e. The molecule has 0 atom stereocenters. The van der Waals surface area contributed by atoms with Gasteiger partial charge in [-0.1, -0.05) is 44.9 Å². The van der Waals surface area contributed by atoms with Gasteiger partial charge >= 0.3 is 0 Å². The van der Waals surface area contributed by atoms with Gasteiger partial charge in [0.1, 0.15) is 0 Å². The standard InChI is InChI=1S/C20H35P/c1-2-3-4-5-6-13-18-21(19-14-9-7-10-15-19)20-16-11-8-12-17-20/h19-20H,2-12,14-17H2,1H3/p+1. The number of hydrogen-bond acceptors (Lipinski definition) is 0. The molecule has 0 heterocycles. The molecule has 2 rings (SSSR count). The molecule has 21 heavy (non-hydrogen) atoms. The third-order valence-electron chi connectivity index (χ3n) is 5.48. The van der Waals surface area contributed by atoms with Gasteiger partial charge in [-0.2, -0.15) is 0 Å². The quantitative estimate of drug-likeness (QED) is 0.287. The molecule has 120 valence electrons. The highest BCUT2D eigenvalue weighted by molar-refractivity contribution is 7.64. The Morgan fingerprint density at radius 2 is 1.33 bits per heavy atom. The molecule has 0 nitrogen and oxygen atoms in total. The first-order valence-electron chi connectivity index (χ1n) is 9.77. The van der Waals surface area contributed by atoms with Gasteiger partial charge < -0.3 is 0 Å². The van der Waals surface area contributed by atoms with Crippen LogP contribution in [0.2, 0.25) is 0 Å². The van der Waals surface area contributed by atoms with Crippen molar-refractivity contribution in [1.29, 1.82) is 0 Å². The fourth-order valence-electron chi connectivity index (χ4n) is 4.17. The summed E-state index contributed by atoms with van der Waals surface area (Å²) in [6.07, 6.45) is 21.6. The minimum Gasteiger partial charge on any atom is -0.0654 e. The van der Waals surface area contributed by atoms with Gasteiger partial charge in [-0.3, -0.25) is 0 Å². The van der Waals surface area contributed by atoms with Crippen molar-refractivity contribution in [1.82, 2.24) is 0 Å². The molecule has 2 fully saturated rings. The lowest BCUT2D eigenvalue weighted by atomic mass is 9.99. The minimum atomic E-state index is -0.400. The third-order valence-corrected chi connectivity index (χ3v) is 8.86. The molecular weight excluding hydrogens is 271 g/mol. The van der Waals surface area contributed by atoms with E-state index in [2.05, 4.69) is 18.5 Å². The normalized spacial score (nSPS) is 21.2. The van der Waals surface area contributed by atoms with Crippen LogP contribution in [-0.2, 0) is 0 Å². The second kappa shape index (κ2) is 10.7. The maximum Gasteiger partial charge on any atom is 0.0847 e. The Hall–Kier alpha value is -0.0100. The van der Waals surface area contributed by atoms with Gasteiger partial charge in [0.15, 0.2) is 0 Å². The van der Waals surface area contributed by atoms with E-state index in [1.54, 1.807) is 0 Å². The van der Waals surface area contributed by atoms with Crippen molar-refractivity contribution in [3.63, 3.8) is 0 Å². The van der Waals surface area contributed by atoms with E-state index in [1.165, 1.54) is 96.3 Å². The van der Waals surface area contributed by atoms with Gasteiger partial charge in [0.2, 0.25) is 0 Å². The molecule has 0 spiro atoms. The van der Waals surface area contributed by atoms with Crippen LogP contribution < -0.4 is 0 Å². The van der Waals surface area contributed by atoms with Crippen LogP contribution in [0.3, 0.4) is 0 Å². The Labute approximate surface area is 134 Å². The topological polar surface area (TPSA) is 0 Å². The summed E-state index contributed by atoms with van der Waals surface area (Å²) in [5.74, 6) is 3.63. The molecule has 2 saturated carbocycles.